The number of rotatable bonds is 3. The molecule has 21 heavy (non-hydrogen) atoms. The first-order valence-electron chi connectivity index (χ1n) is 8.40. The zero-order valence-corrected chi connectivity index (χ0v) is 12.8. The topological polar surface area (TPSA) is 53.2 Å². The van der Waals surface area contributed by atoms with Gasteiger partial charge in [0.1, 0.15) is 6.04 Å². The van der Waals surface area contributed by atoms with Crippen molar-refractivity contribution in [3.63, 3.8) is 0 Å². The molecule has 0 spiro atoms. The van der Waals surface area contributed by atoms with E-state index in [0.717, 1.165) is 6.42 Å². The van der Waals surface area contributed by atoms with Crippen molar-refractivity contribution in [1.29, 1.82) is 0 Å². The van der Waals surface area contributed by atoms with Gasteiger partial charge < -0.3 is 5.32 Å². The van der Waals surface area contributed by atoms with Gasteiger partial charge in [0.05, 0.1) is 0 Å². The molecule has 0 aromatic heterocycles. The van der Waals surface area contributed by atoms with Crippen molar-refractivity contribution >= 4 is 5.91 Å². The molecule has 3 N–H and O–H groups in total. The van der Waals surface area contributed by atoms with E-state index < -0.39 is 0 Å². The Morgan fingerprint density at radius 2 is 2.00 bits per heavy atom. The second-order valence-corrected chi connectivity index (χ2v) is 6.70. The molecule has 3 rings (SSSR count). The van der Waals surface area contributed by atoms with Crippen LogP contribution in [0.25, 0.3) is 0 Å². The fraction of sp³-hybridized carbons (Fsp3) is 0.706. The molecule has 4 nitrogen and oxygen atoms in total. The van der Waals surface area contributed by atoms with Gasteiger partial charge in [-0.15, -0.1) is 0 Å². The first-order chi connectivity index (χ1) is 10.3. The molecule has 4 heteroatoms. The van der Waals surface area contributed by atoms with E-state index >= 15 is 0 Å². The summed E-state index contributed by atoms with van der Waals surface area (Å²) in [6, 6.07) is 0.407. The first kappa shape index (κ1) is 14.8. The predicted octanol–water partition coefficient (Wildman–Crippen LogP) is 2.05. The number of amides is 1. The van der Waals surface area contributed by atoms with Gasteiger partial charge in [0, 0.05) is 18.0 Å². The highest BCUT2D eigenvalue weighted by atomic mass is 16.2. The quantitative estimate of drug-likeness (QED) is 0.745. The minimum Gasteiger partial charge on any atom is -0.352 e. The fourth-order valence-corrected chi connectivity index (χ4v) is 3.91. The van der Waals surface area contributed by atoms with Crippen LogP contribution in [0.3, 0.4) is 0 Å². The summed E-state index contributed by atoms with van der Waals surface area (Å²) in [5.74, 6) is 1.11. The number of carbonyl (C=O) groups is 1. The highest BCUT2D eigenvalue weighted by Gasteiger charge is 2.39. The van der Waals surface area contributed by atoms with E-state index in [2.05, 4.69) is 47.4 Å². The van der Waals surface area contributed by atoms with Crippen LogP contribution < -0.4 is 16.2 Å². The highest BCUT2D eigenvalue weighted by Crippen LogP contribution is 2.27. The van der Waals surface area contributed by atoms with Crippen LogP contribution in [0, 0.1) is 11.8 Å². The van der Waals surface area contributed by atoms with Crippen LogP contribution in [0.4, 0.5) is 0 Å². The molecule has 1 heterocycles. The van der Waals surface area contributed by atoms with Gasteiger partial charge in [0.2, 0.25) is 5.91 Å². The minimum absolute atomic E-state index is 0.131. The van der Waals surface area contributed by atoms with E-state index in [-0.39, 0.29) is 24.0 Å². The third-order valence-corrected chi connectivity index (χ3v) is 5.28. The number of allylic oxidation sites excluding steroid dienone is 3. The second-order valence-electron chi connectivity index (χ2n) is 6.70. The van der Waals surface area contributed by atoms with E-state index in [0.29, 0.717) is 11.8 Å². The van der Waals surface area contributed by atoms with Crippen molar-refractivity contribution in [3.8, 4) is 0 Å². The molecular formula is C17H27N3O. The van der Waals surface area contributed by atoms with Crippen molar-refractivity contribution < 1.29 is 4.79 Å². The Balaban J connectivity index is 1.57. The summed E-state index contributed by atoms with van der Waals surface area (Å²) in [5, 5.41) is 3.26. The fourth-order valence-electron chi connectivity index (χ4n) is 3.91. The number of hydrogen-bond acceptors (Lipinski definition) is 3. The van der Waals surface area contributed by atoms with E-state index in [4.69, 9.17) is 0 Å². The van der Waals surface area contributed by atoms with Crippen LogP contribution in [0.1, 0.15) is 45.4 Å². The average molecular weight is 289 g/mol. The summed E-state index contributed by atoms with van der Waals surface area (Å²) < 4.78 is 0. The zero-order chi connectivity index (χ0) is 14.7. The summed E-state index contributed by atoms with van der Waals surface area (Å²) in [6.07, 6.45) is 15.9. The predicted molar refractivity (Wildman–Crippen MR) is 84.4 cm³/mol. The molecule has 116 valence electrons. The molecule has 1 saturated carbocycles. The standard InChI is InChI=1S/C17H27N3O/c1-12(13-8-4-2-5-9-13)18-17(21)16-14-10-6-3-7-11-15(14)19-20-16/h3,6-7,11-16,19-20H,2,4-5,8-10H2,1H3,(H,18,21)/t12-,14?,15?,16?/m0/s1. The number of fused-ring (bicyclic) bond motifs is 1. The lowest BCUT2D eigenvalue weighted by molar-refractivity contribution is -0.124. The number of carbonyl (C=O) groups excluding carboxylic acids is 1. The molecule has 0 aromatic rings. The molecule has 1 aliphatic heterocycles. The third kappa shape index (κ3) is 3.38. The van der Waals surface area contributed by atoms with E-state index in [1.807, 2.05) is 0 Å². The van der Waals surface area contributed by atoms with Crippen LogP contribution in [0.2, 0.25) is 0 Å². The lowest BCUT2D eigenvalue weighted by Crippen LogP contribution is -2.50. The lowest BCUT2D eigenvalue weighted by atomic mass is 9.84. The van der Waals surface area contributed by atoms with Crippen LogP contribution in [0.15, 0.2) is 24.3 Å². The summed E-state index contributed by atoms with van der Waals surface area (Å²) >= 11 is 0. The molecule has 0 radical (unpaired) electrons. The molecule has 3 aliphatic rings. The lowest BCUT2D eigenvalue weighted by Gasteiger charge is -2.29. The summed E-state index contributed by atoms with van der Waals surface area (Å²) in [7, 11) is 0. The Morgan fingerprint density at radius 3 is 2.81 bits per heavy atom. The number of hydrazine groups is 1. The van der Waals surface area contributed by atoms with Crippen molar-refractivity contribution in [3.05, 3.63) is 24.3 Å². The molecule has 2 fully saturated rings. The SMILES string of the molecule is C[C@H](NC(=O)C1NNC2C=CC=CCC21)C1CCCCC1. The zero-order valence-electron chi connectivity index (χ0n) is 12.8. The Bertz CT molecular complexity index is 426. The van der Waals surface area contributed by atoms with Gasteiger partial charge in [-0.05, 0) is 32.1 Å². The van der Waals surface area contributed by atoms with Crippen molar-refractivity contribution in [2.75, 3.05) is 0 Å². The van der Waals surface area contributed by atoms with E-state index in [9.17, 15) is 4.79 Å². The van der Waals surface area contributed by atoms with E-state index in [1.165, 1.54) is 32.1 Å². The Labute approximate surface area is 127 Å². The van der Waals surface area contributed by atoms with Crippen LogP contribution in [-0.4, -0.2) is 24.0 Å². The Hall–Kier alpha value is -1.13. The van der Waals surface area contributed by atoms with Gasteiger partial charge in [-0.25, -0.2) is 10.9 Å². The maximum absolute atomic E-state index is 12.6. The monoisotopic (exact) mass is 289 g/mol. The summed E-state index contributed by atoms with van der Waals surface area (Å²) in [6.45, 7) is 2.17. The molecule has 1 saturated heterocycles. The molecule has 0 bridgehead atoms. The van der Waals surface area contributed by atoms with Gasteiger partial charge in [0.15, 0.2) is 0 Å². The van der Waals surface area contributed by atoms with Crippen LogP contribution >= 0.6 is 0 Å². The van der Waals surface area contributed by atoms with Crippen LogP contribution in [-0.2, 0) is 4.79 Å². The maximum atomic E-state index is 12.6. The third-order valence-electron chi connectivity index (χ3n) is 5.28. The van der Waals surface area contributed by atoms with Gasteiger partial charge in [-0.3, -0.25) is 4.79 Å². The molecule has 1 amide bonds. The van der Waals surface area contributed by atoms with Crippen molar-refractivity contribution in [1.82, 2.24) is 16.2 Å². The number of hydrogen-bond donors (Lipinski definition) is 3. The van der Waals surface area contributed by atoms with Gasteiger partial charge >= 0.3 is 0 Å². The van der Waals surface area contributed by atoms with Gasteiger partial charge in [0.25, 0.3) is 0 Å². The van der Waals surface area contributed by atoms with Gasteiger partial charge in [-0.1, -0.05) is 43.6 Å². The number of nitrogens with one attached hydrogen (secondary N) is 3. The molecule has 0 aromatic carbocycles. The Morgan fingerprint density at radius 1 is 1.19 bits per heavy atom. The molecule has 4 atom stereocenters. The molecule has 3 unspecified atom stereocenters. The molecular weight excluding hydrogens is 262 g/mol. The van der Waals surface area contributed by atoms with Crippen molar-refractivity contribution in [2.45, 2.75) is 63.6 Å². The second kappa shape index (κ2) is 6.75. The van der Waals surface area contributed by atoms with Crippen LogP contribution in [0.5, 0.6) is 0 Å². The average Bonchev–Trinajstić information content (AvgIpc) is 2.77. The van der Waals surface area contributed by atoms with E-state index in [1.54, 1.807) is 0 Å². The summed E-state index contributed by atoms with van der Waals surface area (Å²) in [4.78, 5) is 12.6. The first-order valence-corrected chi connectivity index (χ1v) is 8.40. The summed E-state index contributed by atoms with van der Waals surface area (Å²) in [5.41, 5.74) is 6.43. The van der Waals surface area contributed by atoms with Gasteiger partial charge in [-0.2, -0.15) is 0 Å². The largest absolute Gasteiger partial charge is 0.352 e. The highest BCUT2D eigenvalue weighted by molar-refractivity contribution is 5.83. The molecule has 2 aliphatic carbocycles. The Kier molecular flexibility index (Phi) is 4.76. The maximum Gasteiger partial charge on any atom is 0.239 e. The smallest absolute Gasteiger partial charge is 0.239 e. The van der Waals surface area contributed by atoms with Crippen molar-refractivity contribution in [2.24, 2.45) is 11.8 Å². The minimum atomic E-state index is -0.131. The normalized spacial score (nSPS) is 34.2.